The van der Waals surface area contributed by atoms with Crippen molar-refractivity contribution in [2.24, 2.45) is 0 Å². The predicted molar refractivity (Wildman–Crippen MR) is 64.1 cm³/mol. The quantitative estimate of drug-likeness (QED) is 0.820. The van der Waals surface area contributed by atoms with Crippen LogP contribution in [-0.2, 0) is 13.2 Å². The molecule has 0 saturated heterocycles. The molecule has 0 aliphatic heterocycles. The number of rotatable bonds is 4. The summed E-state index contributed by atoms with van der Waals surface area (Å²) in [6, 6.07) is 1.71. The molecule has 2 N–H and O–H groups in total. The van der Waals surface area contributed by atoms with Crippen LogP contribution < -0.4 is 9.47 Å². The van der Waals surface area contributed by atoms with Crippen LogP contribution in [0.15, 0.2) is 6.07 Å². The summed E-state index contributed by atoms with van der Waals surface area (Å²) in [4.78, 5) is 0. The molecule has 5 heteroatoms. The molecule has 0 amide bonds. The molecule has 84 valence electrons. The summed E-state index contributed by atoms with van der Waals surface area (Å²) in [5, 5.41) is 18.4. The molecule has 0 aromatic heterocycles. The number of halogens is 1. The third-order valence-electron chi connectivity index (χ3n) is 2.10. The highest BCUT2D eigenvalue weighted by Crippen LogP contribution is 2.35. The van der Waals surface area contributed by atoms with Gasteiger partial charge >= 0.3 is 0 Å². The molecule has 4 nitrogen and oxygen atoms in total. The van der Waals surface area contributed by atoms with Gasteiger partial charge in [0.25, 0.3) is 0 Å². The Labute approximate surface area is 102 Å². The van der Waals surface area contributed by atoms with Crippen molar-refractivity contribution in [1.82, 2.24) is 0 Å². The third-order valence-corrected chi connectivity index (χ3v) is 3.29. The molecule has 15 heavy (non-hydrogen) atoms. The fourth-order valence-electron chi connectivity index (χ4n) is 1.39. The summed E-state index contributed by atoms with van der Waals surface area (Å²) in [5.41, 5.74) is 1.25. The minimum absolute atomic E-state index is 0.147. The number of hydrogen-bond acceptors (Lipinski definition) is 4. The highest BCUT2D eigenvalue weighted by atomic mass is 127. The summed E-state index contributed by atoms with van der Waals surface area (Å²) in [5.74, 6) is 1.15. The summed E-state index contributed by atoms with van der Waals surface area (Å²) < 4.78 is 11.1. The van der Waals surface area contributed by atoms with E-state index >= 15 is 0 Å². The van der Waals surface area contributed by atoms with Gasteiger partial charge in [0.05, 0.1) is 31.0 Å². The first-order valence-corrected chi connectivity index (χ1v) is 5.41. The molecular formula is C10H13IO4. The minimum Gasteiger partial charge on any atom is -0.496 e. The predicted octanol–water partition coefficient (Wildman–Crippen LogP) is 1.29. The van der Waals surface area contributed by atoms with Gasteiger partial charge in [-0.2, -0.15) is 0 Å². The number of hydrogen-bond donors (Lipinski definition) is 2. The minimum atomic E-state index is -0.149. The van der Waals surface area contributed by atoms with Crippen molar-refractivity contribution in [3.8, 4) is 11.5 Å². The van der Waals surface area contributed by atoms with Crippen molar-refractivity contribution >= 4 is 22.6 Å². The van der Waals surface area contributed by atoms with Crippen LogP contribution in [-0.4, -0.2) is 24.4 Å². The van der Waals surface area contributed by atoms with Gasteiger partial charge in [-0.05, 0) is 28.7 Å². The van der Waals surface area contributed by atoms with Crippen LogP contribution in [0.1, 0.15) is 11.1 Å². The molecule has 0 fully saturated rings. The van der Waals surface area contributed by atoms with Crippen molar-refractivity contribution < 1.29 is 19.7 Å². The molecule has 0 aliphatic rings. The molecule has 0 aliphatic carbocycles. The molecule has 0 bridgehead atoms. The van der Waals surface area contributed by atoms with Crippen LogP contribution in [0.5, 0.6) is 11.5 Å². The highest BCUT2D eigenvalue weighted by Gasteiger charge is 2.16. The Kier molecular flexibility index (Phi) is 4.62. The van der Waals surface area contributed by atoms with E-state index < -0.39 is 0 Å². The van der Waals surface area contributed by atoms with Crippen molar-refractivity contribution in [1.29, 1.82) is 0 Å². The maximum atomic E-state index is 9.25. The van der Waals surface area contributed by atoms with Crippen LogP contribution in [0.4, 0.5) is 0 Å². The lowest BCUT2D eigenvalue weighted by atomic mass is 10.1. The van der Waals surface area contributed by atoms with E-state index in [1.807, 2.05) is 0 Å². The molecule has 0 radical (unpaired) electrons. The first-order valence-electron chi connectivity index (χ1n) is 4.33. The SMILES string of the molecule is COc1cc(CO)c(OC)c(CO)c1I. The maximum absolute atomic E-state index is 9.25. The lowest BCUT2D eigenvalue weighted by molar-refractivity contribution is 0.258. The molecular weight excluding hydrogens is 311 g/mol. The van der Waals surface area contributed by atoms with E-state index in [9.17, 15) is 5.11 Å². The van der Waals surface area contributed by atoms with Crippen LogP contribution in [0.2, 0.25) is 0 Å². The summed E-state index contributed by atoms with van der Waals surface area (Å²) in [6.45, 7) is -0.297. The first-order chi connectivity index (χ1) is 7.19. The normalized spacial score (nSPS) is 10.2. The van der Waals surface area contributed by atoms with E-state index in [2.05, 4.69) is 22.6 Å². The fraction of sp³-hybridized carbons (Fsp3) is 0.400. The van der Waals surface area contributed by atoms with E-state index in [0.29, 0.717) is 22.6 Å². The lowest BCUT2D eigenvalue weighted by Crippen LogP contribution is -2.02. The smallest absolute Gasteiger partial charge is 0.133 e. The maximum Gasteiger partial charge on any atom is 0.133 e. The highest BCUT2D eigenvalue weighted by molar-refractivity contribution is 14.1. The van der Waals surface area contributed by atoms with Gasteiger partial charge in [-0.25, -0.2) is 0 Å². The van der Waals surface area contributed by atoms with Crippen LogP contribution in [0.25, 0.3) is 0 Å². The molecule has 0 spiro atoms. The lowest BCUT2D eigenvalue weighted by Gasteiger charge is -2.15. The Morgan fingerprint density at radius 1 is 1.20 bits per heavy atom. The van der Waals surface area contributed by atoms with E-state index in [-0.39, 0.29) is 13.2 Å². The standard InChI is InChI=1S/C10H13IO4/c1-14-8-3-6(4-12)10(15-2)7(5-13)9(8)11/h3,12-13H,4-5H2,1-2H3. The van der Waals surface area contributed by atoms with E-state index in [0.717, 1.165) is 3.57 Å². The number of methoxy groups -OCH3 is 2. The monoisotopic (exact) mass is 324 g/mol. The Hall–Kier alpha value is -0.530. The van der Waals surface area contributed by atoms with Crippen LogP contribution in [0.3, 0.4) is 0 Å². The summed E-state index contributed by atoms with van der Waals surface area (Å²) in [6.07, 6.45) is 0. The fourth-order valence-corrected chi connectivity index (χ4v) is 2.18. The third kappa shape index (κ3) is 2.35. The topological polar surface area (TPSA) is 58.9 Å². The Balaban J connectivity index is 3.43. The zero-order valence-corrected chi connectivity index (χ0v) is 10.7. The van der Waals surface area contributed by atoms with E-state index in [1.165, 1.54) is 7.11 Å². The van der Waals surface area contributed by atoms with Crippen molar-refractivity contribution in [3.63, 3.8) is 0 Å². The van der Waals surface area contributed by atoms with Crippen molar-refractivity contribution in [2.45, 2.75) is 13.2 Å². The van der Waals surface area contributed by atoms with Gasteiger partial charge in [0, 0.05) is 11.1 Å². The van der Waals surface area contributed by atoms with Crippen molar-refractivity contribution in [3.05, 3.63) is 20.8 Å². The molecule has 1 aromatic carbocycles. The average Bonchev–Trinajstić information content (AvgIpc) is 2.28. The number of aliphatic hydroxyl groups is 2. The number of aliphatic hydroxyl groups excluding tert-OH is 2. The molecule has 0 unspecified atom stereocenters. The molecule has 1 aromatic rings. The first kappa shape index (κ1) is 12.5. The largest absolute Gasteiger partial charge is 0.496 e. The zero-order valence-electron chi connectivity index (χ0n) is 8.58. The number of benzene rings is 1. The van der Waals surface area contributed by atoms with E-state index in [4.69, 9.17) is 14.6 Å². The zero-order chi connectivity index (χ0) is 11.4. The summed E-state index contributed by atoms with van der Waals surface area (Å²) >= 11 is 2.08. The van der Waals surface area contributed by atoms with Crippen LogP contribution in [0, 0.1) is 3.57 Å². The van der Waals surface area contributed by atoms with Gasteiger partial charge in [0.1, 0.15) is 11.5 Å². The van der Waals surface area contributed by atoms with Gasteiger partial charge < -0.3 is 19.7 Å². The average molecular weight is 324 g/mol. The van der Waals surface area contributed by atoms with Gasteiger partial charge in [-0.3, -0.25) is 0 Å². The summed E-state index contributed by atoms with van der Waals surface area (Å²) in [7, 11) is 3.06. The van der Waals surface area contributed by atoms with Crippen LogP contribution >= 0.6 is 22.6 Å². The van der Waals surface area contributed by atoms with Crippen molar-refractivity contribution in [2.75, 3.05) is 14.2 Å². The van der Waals surface area contributed by atoms with Gasteiger partial charge in [-0.15, -0.1) is 0 Å². The number of ether oxygens (including phenoxy) is 2. The second kappa shape index (κ2) is 5.53. The molecule has 1 rings (SSSR count). The Bertz CT molecular complexity index is 352. The van der Waals surface area contributed by atoms with E-state index in [1.54, 1.807) is 13.2 Å². The molecule has 0 saturated carbocycles. The van der Waals surface area contributed by atoms with Gasteiger partial charge in [0.15, 0.2) is 0 Å². The second-order valence-electron chi connectivity index (χ2n) is 2.88. The van der Waals surface area contributed by atoms with Gasteiger partial charge in [-0.1, -0.05) is 0 Å². The Morgan fingerprint density at radius 2 is 1.87 bits per heavy atom. The Morgan fingerprint density at radius 3 is 2.27 bits per heavy atom. The molecule has 0 heterocycles. The van der Waals surface area contributed by atoms with Gasteiger partial charge in [0.2, 0.25) is 0 Å². The second-order valence-corrected chi connectivity index (χ2v) is 3.96. The molecule has 0 atom stereocenters.